The van der Waals surface area contributed by atoms with Crippen LogP contribution in [-0.2, 0) is 24.8 Å². The molecule has 2 aromatic carbocycles. The van der Waals surface area contributed by atoms with Crippen LogP contribution in [0.15, 0.2) is 48.5 Å². The molecule has 1 aromatic heterocycles. The van der Waals surface area contributed by atoms with Crippen molar-refractivity contribution >= 4 is 22.8 Å². The lowest BCUT2D eigenvalue weighted by molar-refractivity contribution is -0.142. The molecule has 1 aliphatic rings. The fourth-order valence-electron chi connectivity index (χ4n) is 3.86. The van der Waals surface area contributed by atoms with Gasteiger partial charge in [0.05, 0.1) is 13.7 Å². The van der Waals surface area contributed by atoms with Crippen molar-refractivity contribution in [1.29, 1.82) is 0 Å². The zero-order valence-electron chi connectivity index (χ0n) is 15.2. The number of carbonyl (C=O) groups excluding carboxylic acids is 1. The zero-order valence-corrected chi connectivity index (χ0v) is 15.2. The standard InChI is InChI=1S/C21H20N2O4/c1-22-17-6-4-3-5-15(17)16-11-18(21(25)26)23(12-19(16)22)20(24)13-7-9-14(27-2)10-8-13/h3-10,18H,11-12H2,1-2H3,(H,25,26). The van der Waals surface area contributed by atoms with Gasteiger partial charge >= 0.3 is 5.97 Å². The van der Waals surface area contributed by atoms with E-state index in [0.717, 1.165) is 22.2 Å². The van der Waals surface area contributed by atoms with Crippen molar-refractivity contribution in [3.05, 3.63) is 65.4 Å². The molecule has 6 nitrogen and oxygen atoms in total. The van der Waals surface area contributed by atoms with E-state index in [4.69, 9.17) is 4.74 Å². The SMILES string of the molecule is COc1ccc(C(=O)N2Cc3c(c4ccccc4n3C)CC2C(=O)O)cc1. The topological polar surface area (TPSA) is 71.8 Å². The summed E-state index contributed by atoms with van der Waals surface area (Å²) in [5, 5.41) is 10.8. The molecule has 0 bridgehead atoms. The first-order chi connectivity index (χ1) is 13.0. The second kappa shape index (κ2) is 6.46. The number of hydrogen-bond acceptors (Lipinski definition) is 3. The van der Waals surface area contributed by atoms with Crippen molar-refractivity contribution in [2.45, 2.75) is 19.0 Å². The lowest BCUT2D eigenvalue weighted by atomic mass is 9.95. The number of nitrogens with zero attached hydrogens (tertiary/aromatic N) is 2. The van der Waals surface area contributed by atoms with E-state index in [1.165, 1.54) is 4.90 Å². The number of carboxylic acids is 1. The van der Waals surface area contributed by atoms with Crippen molar-refractivity contribution in [3.8, 4) is 5.75 Å². The molecule has 1 N–H and O–H groups in total. The number of hydrogen-bond donors (Lipinski definition) is 1. The van der Waals surface area contributed by atoms with Gasteiger partial charge in [0.25, 0.3) is 5.91 Å². The fraction of sp³-hybridized carbons (Fsp3) is 0.238. The summed E-state index contributed by atoms with van der Waals surface area (Å²) in [6, 6.07) is 13.8. The largest absolute Gasteiger partial charge is 0.497 e. The highest BCUT2D eigenvalue weighted by atomic mass is 16.5. The Bertz CT molecular complexity index is 1040. The van der Waals surface area contributed by atoms with Crippen LogP contribution in [0.3, 0.4) is 0 Å². The minimum absolute atomic E-state index is 0.266. The Morgan fingerprint density at radius 3 is 2.48 bits per heavy atom. The van der Waals surface area contributed by atoms with Crippen LogP contribution in [0.25, 0.3) is 10.9 Å². The Balaban J connectivity index is 1.76. The lowest BCUT2D eigenvalue weighted by Crippen LogP contribution is -2.48. The second-order valence-electron chi connectivity index (χ2n) is 6.72. The van der Waals surface area contributed by atoms with Gasteiger partial charge in [0.2, 0.25) is 0 Å². The number of carboxylic acid groups (broad SMARTS) is 1. The molecule has 6 heteroatoms. The van der Waals surface area contributed by atoms with Crippen LogP contribution >= 0.6 is 0 Å². The molecule has 0 fully saturated rings. The maximum Gasteiger partial charge on any atom is 0.326 e. The van der Waals surface area contributed by atoms with Gasteiger partial charge in [-0.25, -0.2) is 4.79 Å². The third-order valence-corrected chi connectivity index (χ3v) is 5.32. The molecule has 0 saturated carbocycles. The number of aliphatic carboxylic acids is 1. The summed E-state index contributed by atoms with van der Waals surface area (Å²) in [7, 11) is 3.52. The van der Waals surface area contributed by atoms with Gasteiger partial charge in [0.15, 0.2) is 0 Å². The highest BCUT2D eigenvalue weighted by molar-refractivity contribution is 5.98. The van der Waals surface area contributed by atoms with E-state index in [0.29, 0.717) is 17.7 Å². The highest BCUT2D eigenvalue weighted by Gasteiger charge is 2.37. The van der Waals surface area contributed by atoms with Gasteiger partial charge in [0.1, 0.15) is 11.8 Å². The molecule has 0 radical (unpaired) electrons. The summed E-state index contributed by atoms with van der Waals surface area (Å²) >= 11 is 0. The zero-order chi connectivity index (χ0) is 19.1. The fourth-order valence-corrected chi connectivity index (χ4v) is 3.86. The van der Waals surface area contributed by atoms with Gasteiger partial charge in [-0.05, 0) is 35.9 Å². The summed E-state index contributed by atoms with van der Waals surface area (Å²) in [5.74, 6) is -0.632. The van der Waals surface area contributed by atoms with Crippen LogP contribution in [0.4, 0.5) is 0 Å². The van der Waals surface area contributed by atoms with E-state index in [-0.39, 0.29) is 12.5 Å². The summed E-state index contributed by atoms with van der Waals surface area (Å²) in [6.45, 7) is 0.266. The Morgan fingerprint density at radius 2 is 1.81 bits per heavy atom. The average Bonchev–Trinajstić information content (AvgIpc) is 2.98. The van der Waals surface area contributed by atoms with E-state index >= 15 is 0 Å². The lowest BCUT2D eigenvalue weighted by Gasteiger charge is -2.34. The summed E-state index contributed by atoms with van der Waals surface area (Å²) < 4.78 is 7.18. The number of rotatable bonds is 3. The van der Waals surface area contributed by atoms with Crippen LogP contribution in [-0.4, -0.2) is 39.6 Å². The number of carbonyl (C=O) groups is 2. The van der Waals surface area contributed by atoms with Crippen molar-refractivity contribution in [2.75, 3.05) is 7.11 Å². The quantitative estimate of drug-likeness (QED) is 0.776. The number of aromatic nitrogens is 1. The monoisotopic (exact) mass is 364 g/mol. The molecule has 138 valence electrons. The number of methoxy groups -OCH3 is 1. The van der Waals surface area contributed by atoms with Crippen LogP contribution in [0.2, 0.25) is 0 Å². The molecule has 1 unspecified atom stereocenters. The molecule has 0 saturated heterocycles. The smallest absolute Gasteiger partial charge is 0.326 e. The molecule has 3 aromatic rings. The summed E-state index contributed by atoms with van der Waals surface area (Å²) in [5.41, 5.74) is 3.49. The molecule has 4 rings (SSSR count). The average molecular weight is 364 g/mol. The number of benzene rings is 2. The Hall–Kier alpha value is -3.28. The number of amides is 1. The van der Waals surface area contributed by atoms with Gasteiger partial charge in [-0.3, -0.25) is 4.79 Å². The van der Waals surface area contributed by atoms with E-state index in [1.807, 2.05) is 31.3 Å². The number of fused-ring (bicyclic) bond motifs is 3. The second-order valence-corrected chi connectivity index (χ2v) is 6.72. The predicted octanol–water partition coefficient (Wildman–Crippen LogP) is 2.84. The van der Waals surface area contributed by atoms with E-state index in [2.05, 4.69) is 4.57 Å². The van der Waals surface area contributed by atoms with Crippen LogP contribution in [0.5, 0.6) is 5.75 Å². The predicted molar refractivity (Wildman–Crippen MR) is 101 cm³/mol. The third kappa shape index (κ3) is 2.73. The van der Waals surface area contributed by atoms with Crippen molar-refractivity contribution in [1.82, 2.24) is 9.47 Å². The number of aryl methyl sites for hydroxylation is 1. The van der Waals surface area contributed by atoms with Crippen LogP contribution in [0.1, 0.15) is 21.6 Å². The van der Waals surface area contributed by atoms with Crippen LogP contribution < -0.4 is 4.74 Å². The third-order valence-electron chi connectivity index (χ3n) is 5.32. The van der Waals surface area contributed by atoms with E-state index in [9.17, 15) is 14.7 Å². The van der Waals surface area contributed by atoms with E-state index in [1.54, 1.807) is 31.4 Å². The molecule has 1 aliphatic heterocycles. The van der Waals surface area contributed by atoms with Crippen molar-refractivity contribution in [3.63, 3.8) is 0 Å². The first-order valence-electron chi connectivity index (χ1n) is 8.74. The van der Waals surface area contributed by atoms with Gasteiger partial charge in [-0.2, -0.15) is 0 Å². The van der Waals surface area contributed by atoms with Gasteiger partial charge < -0.3 is 19.3 Å². The van der Waals surface area contributed by atoms with Gasteiger partial charge in [-0.15, -0.1) is 0 Å². The molecule has 1 atom stereocenters. The Labute approximate surface area is 156 Å². The Morgan fingerprint density at radius 1 is 1.11 bits per heavy atom. The molecular formula is C21H20N2O4. The molecular weight excluding hydrogens is 344 g/mol. The first kappa shape index (κ1) is 17.1. The summed E-state index contributed by atoms with van der Waals surface area (Å²) in [6.07, 6.45) is 0.300. The minimum Gasteiger partial charge on any atom is -0.497 e. The van der Waals surface area contributed by atoms with Crippen LogP contribution in [0, 0.1) is 0 Å². The normalized spacial score (nSPS) is 16.2. The molecule has 1 amide bonds. The minimum atomic E-state index is -0.990. The molecule has 0 aliphatic carbocycles. The number of para-hydroxylation sites is 1. The maximum absolute atomic E-state index is 13.1. The molecule has 2 heterocycles. The molecule has 27 heavy (non-hydrogen) atoms. The maximum atomic E-state index is 13.1. The van der Waals surface area contributed by atoms with Gasteiger partial charge in [-0.1, -0.05) is 18.2 Å². The first-order valence-corrected chi connectivity index (χ1v) is 8.74. The summed E-state index contributed by atoms with van der Waals surface area (Å²) in [4.78, 5) is 26.4. The number of ether oxygens (including phenoxy) is 1. The Kier molecular flexibility index (Phi) is 4.11. The van der Waals surface area contributed by atoms with E-state index < -0.39 is 12.0 Å². The van der Waals surface area contributed by atoms with Gasteiger partial charge in [0, 0.05) is 35.6 Å². The van der Waals surface area contributed by atoms with Crippen molar-refractivity contribution in [2.24, 2.45) is 7.05 Å². The highest BCUT2D eigenvalue weighted by Crippen LogP contribution is 2.33. The van der Waals surface area contributed by atoms with Crippen molar-refractivity contribution < 1.29 is 19.4 Å². The molecule has 0 spiro atoms.